The lowest BCUT2D eigenvalue weighted by Gasteiger charge is -2.20. The minimum absolute atomic E-state index is 0.184. The summed E-state index contributed by atoms with van der Waals surface area (Å²) >= 11 is 0. The summed E-state index contributed by atoms with van der Waals surface area (Å²) in [5.74, 6) is 1.18. The van der Waals surface area contributed by atoms with Crippen molar-refractivity contribution < 1.29 is 9.21 Å². The van der Waals surface area contributed by atoms with Crippen LogP contribution in [0.15, 0.2) is 27.6 Å². The zero-order chi connectivity index (χ0) is 14.6. The molecule has 0 bridgehead atoms. The lowest BCUT2D eigenvalue weighted by atomic mass is 9.89. The molecule has 4 heteroatoms. The maximum atomic E-state index is 12.2. The van der Waals surface area contributed by atoms with E-state index in [0.717, 1.165) is 24.3 Å². The molecular formula is C17H19NO3. The third-order valence-electron chi connectivity index (χ3n) is 5.23. The molecule has 1 aliphatic heterocycles. The summed E-state index contributed by atoms with van der Waals surface area (Å²) in [4.78, 5) is 23.9. The minimum Gasteiger partial charge on any atom is -0.427 e. The number of fused-ring (bicyclic) bond motifs is 1. The molecule has 0 radical (unpaired) electrons. The largest absolute Gasteiger partial charge is 0.427 e. The van der Waals surface area contributed by atoms with E-state index in [1.807, 2.05) is 0 Å². The van der Waals surface area contributed by atoms with Crippen LogP contribution in [0.3, 0.4) is 0 Å². The number of hydrogen-bond donors (Lipinski definition) is 1. The molecule has 3 aliphatic rings. The van der Waals surface area contributed by atoms with Gasteiger partial charge in [0.15, 0.2) is 0 Å². The van der Waals surface area contributed by atoms with Crippen LogP contribution >= 0.6 is 0 Å². The van der Waals surface area contributed by atoms with Crippen LogP contribution in [0.5, 0.6) is 0 Å². The lowest BCUT2D eigenvalue weighted by molar-refractivity contribution is 0.0952. The van der Waals surface area contributed by atoms with Crippen molar-refractivity contribution >= 4 is 5.91 Å². The highest BCUT2D eigenvalue weighted by Crippen LogP contribution is 2.63. The molecule has 21 heavy (non-hydrogen) atoms. The van der Waals surface area contributed by atoms with Crippen molar-refractivity contribution in [2.45, 2.75) is 44.9 Å². The van der Waals surface area contributed by atoms with Crippen molar-refractivity contribution in [2.75, 3.05) is 0 Å². The molecule has 4 rings (SSSR count). The molecule has 0 saturated heterocycles. The second kappa shape index (κ2) is 4.33. The predicted octanol–water partition coefficient (Wildman–Crippen LogP) is 2.56. The van der Waals surface area contributed by atoms with E-state index in [1.165, 1.54) is 31.7 Å². The number of nitrogens with one attached hydrogen (secondary N) is 1. The highest BCUT2D eigenvalue weighted by Gasteiger charge is 2.52. The van der Waals surface area contributed by atoms with Crippen molar-refractivity contribution in [3.05, 3.63) is 45.6 Å². The zero-order valence-electron chi connectivity index (χ0n) is 12.0. The van der Waals surface area contributed by atoms with E-state index in [9.17, 15) is 9.59 Å². The lowest BCUT2D eigenvalue weighted by Crippen LogP contribution is -2.32. The summed E-state index contributed by atoms with van der Waals surface area (Å²) in [6.45, 7) is 3.76. The summed E-state index contributed by atoms with van der Waals surface area (Å²) < 4.78 is 5.21. The first-order valence-electron chi connectivity index (χ1n) is 7.72. The second-order valence-electron chi connectivity index (χ2n) is 6.76. The Morgan fingerprint density at radius 2 is 2.10 bits per heavy atom. The normalized spacial score (nSPS) is 22.7. The average Bonchev–Trinajstić information content (AvgIpc) is 3.27. The summed E-state index contributed by atoms with van der Waals surface area (Å²) in [7, 11) is 0. The molecule has 0 unspecified atom stereocenters. The average molecular weight is 285 g/mol. The van der Waals surface area contributed by atoms with Gasteiger partial charge >= 0.3 is 5.63 Å². The van der Waals surface area contributed by atoms with Crippen LogP contribution in [0, 0.1) is 11.3 Å². The van der Waals surface area contributed by atoms with Gasteiger partial charge in [0.05, 0.1) is 5.56 Å². The summed E-state index contributed by atoms with van der Waals surface area (Å²) in [6.07, 6.45) is 7.63. The zero-order valence-corrected chi connectivity index (χ0v) is 12.0. The molecule has 1 N–H and O–H groups in total. The maximum absolute atomic E-state index is 12.2. The van der Waals surface area contributed by atoms with Gasteiger partial charge in [-0.1, -0.05) is 6.58 Å². The SMILES string of the molecule is C=C1Cc2oc(=O)cc(CCC3(C4CC4)CC3)c2C(=O)N1. The van der Waals surface area contributed by atoms with Crippen molar-refractivity contribution in [1.29, 1.82) is 0 Å². The van der Waals surface area contributed by atoms with Crippen LogP contribution in [-0.4, -0.2) is 5.91 Å². The summed E-state index contributed by atoms with van der Waals surface area (Å²) in [6, 6.07) is 1.50. The van der Waals surface area contributed by atoms with Gasteiger partial charge in [-0.15, -0.1) is 0 Å². The van der Waals surface area contributed by atoms with Gasteiger partial charge in [0.2, 0.25) is 0 Å². The van der Waals surface area contributed by atoms with Crippen LogP contribution in [-0.2, 0) is 12.8 Å². The molecule has 110 valence electrons. The molecule has 2 heterocycles. The van der Waals surface area contributed by atoms with Gasteiger partial charge in [-0.25, -0.2) is 4.79 Å². The first kappa shape index (κ1) is 12.9. The summed E-state index contributed by atoms with van der Waals surface area (Å²) in [5, 5.41) is 2.75. The Balaban J connectivity index is 1.64. The van der Waals surface area contributed by atoms with E-state index < -0.39 is 0 Å². The third-order valence-corrected chi connectivity index (χ3v) is 5.23. The Labute approximate surface area is 123 Å². The number of carbonyl (C=O) groups excluding carboxylic acids is 1. The molecule has 1 amide bonds. The molecule has 2 aliphatic carbocycles. The Morgan fingerprint density at radius 3 is 2.76 bits per heavy atom. The van der Waals surface area contributed by atoms with Crippen molar-refractivity contribution in [3.63, 3.8) is 0 Å². The predicted molar refractivity (Wildman–Crippen MR) is 78.0 cm³/mol. The molecule has 2 fully saturated rings. The Hall–Kier alpha value is -1.84. The topological polar surface area (TPSA) is 59.3 Å². The van der Waals surface area contributed by atoms with E-state index in [1.54, 1.807) is 0 Å². The molecular weight excluding hydrogens is 266 g/mol. The van der Waals surface area contributed by atoms with E-state index >= 15 is 0 Å². The fraction of sp³-hybridized carbons (Fsp3) is 0.529. The van der Waals surface area contributed by atoms with E-state index in [0.29, 0.717) is 28.9 Å². The van der Waals surface area contributed by atoms with Gasteiger partial charge in [0, 0.05) is 18.2 Å². The highest BCUT2D eigenvalue weighted by atomic mass is 16.4. The van der Waals surface area contributed by atoms with Crippen LogP contribution in [0.2, 0.25) is 0 Å². The smallest absolute Gasteiger partial charge is 0.336 e. The minimum atomic E-state index is -0.359. The Kier molecular flexibility index (Phi) is 2.65. The number of aryl methyl sites for hydroxylation is 1. The van der Waals surface area contributed by atoms with Gasteiger partial charge in [-0.2, -0.15) is 0 Å². The Bertz CT molecular complexity index is 692. The molecule has 1 aromatic heterocycles. The number of allylic oxidation sites excluding steroid dienone is 1. The van der Waals surface area contributed by atoms with Crippen LogP contribution in [0.25, 0.3) is 0 Å². The van der Waals surface area contributed by atoms with Gasteiger partial charge < -0.3 is 9.73 Å². The second-order valence-corrected chi connectivity index (χ2v) is 6.76. The molecule has 0 atom stereocenters. The molecule has 4 nitrogen and oxygen atoms in total. The fourth-order valence-electron chi connectivity index (χ4n) is 3.75. The van der Waals surface area contributed by atoms with Gasteiger partial charge in [0.1, 0.15) is 5.76 Å². The third kappa shape index (κ3) is 2.23. The monoisotopic (exact) mass is 285 g/mol. The van der Waals surface area contributed by atoms with Crippen LogP contribution < -0.4 is 10.9 Å². The standard InChI is InChI=1S/C17H19NO3/c1-10-8-13-15(16(20)18-10)11(9-14(19)21-13)4-5-17(6-7-17)12-2-3-12/h9,12H,1-8H2,(H,18,20). The molecule has 2 saturated carbocycles. The van der Waals surface area contributed by atoms with Crippen molar-refractivity contribution in [2.24, 2.45) is 11.3 Å². The first-order chi connectivity index (χ1) is 10.1. The maximum Gasteiger partial charge on any atom is 0.336 e. The van der Waals surface area contributed by atoms with Crippen LogP contribution in [0.4, 0.5) is 0 Å². The first-order valence-corrected chi connectivity index (χ1v) is 7.72. The van der Waals surface area contributed by atoms with E-state index in [2.05, 4.69) is 11.9 Å². The summed E-state index contributed by atoms with van der Waals surface area (Å²) in [5.41, 5.74) is 2.15. The van der Waals surface area contributed by atoms with Gasteiger partial charge in [0.25, 0.3) is 5.91 Å². The van der Waals surface area contributed by atoms with Gasteiger partial charge in [-0.05, 0) is 55.4 Å². The fourth-order valence-corrected chi connectivity index (χ4v) is 3.75. The van der Waals surface area contributed by atoms with Crippen molar-refractivity contribution in [3.8, 4) is 0 Å². The van der Waals surface area contributed by atoms with Crippen LogP contribution in [0.1, 0.15) is 53.8 Å². The number of amides is 1. The molecule has 0 spiro atoms. The molecule has 1 aromatic rings. The van der Waals surface area contributed by atoms with E-state index in [4.69, 9.17) is 4.42 Å². The highest BCUT2D eigenvalue weighted by molar-refractivity contribution is 5.98. The van der Waals surface area contributed by atoms with E-state index in [-0.39, 0.29) is 11.5 Å². The van der Waals surface area contributed by atoms with Gasteiger partial charge in [-0.3, -0.25) is 4.79 Å². The van der Waals surface area contributed by atoms with Crippen molar-refractivity contribution in [1.82, 2.24) is 5.32 Å². The number of hydrogen-bond acceptors (Lipinski definition) is 3. The number of carbonyl (C=O) groups is 1. The quantitative estimate of drug-likeness (QED) is 0.925. The Morgan fingerprint density at radius 1 is 1.33 bits per heavy atom. The number of rotatable bonds is 4. The molecule has 0 aromatic carbocycles.